The average Bonchev–Trinajstić information content (AvgIpc) is 2.98. The van der Waals surface area contributed by atoms with Gasteiger partial charge in [-0.3, -0.25) is 0 Å². The number of rotatable bonds is 1. The second-order valence-electron chi connectivity index (χ2n) is 15.6. The van der Waals surface area contributed by atoms with Gasteiger partial charge >= 0.3 is 0 Å². The van der Waals surface area contributed by atoms with Crippen LogP contribution in [0.3, 0.4) is 0 Å². The lowest BCUT2D eigenvalue weighted by Gasteiger charge is -2.73. The van der Waals surface area contributed by atoms with Gasteiger partial charge in [0, 0.05) is 0 Å². The highest BCUT2D eigenvalue weighted by molar-refractivity contribution is 5.20. The molecule has 2 nitrogen and oxygen atoms in total. The lowest BCUT2D eigenvalue weighted by atomic mass is 9.31. The third-order valence-corrected chi connectivity index (χ3v) is 13.5. The zero-order valence-electron chi connectivity index (χ0n) is 22.4. The lowest BCUT2D eigenvalue weighted by molar-refractivity contribution is -0.268. The molecule has 5 saturated carbocycles. The van der Waals surface area contributed by atoms with E-state index >= 15 is 0 Å². The summed E-state index contributed by atoms with van der Waals surface area (Å²) < 4.78 is 0. The molecule has 0 aromatic rings. The predicted octanol–water partition coefficient (Wildman–Crippen LogP) is 7.22. The maximum Gasteiger partial charge on any atom is 0.0622 e. The van der Waals surface area contributed by atoms with Crippen molar-refractivity contribution in [2.75, 3.05) is 0 Å². The van der Waals surface area contributed by atoms with Crippen molar-refractivity contribution < 1.29 is 10.2 Å². The van der Waals surface area contributed by atoms with E-state index in [1.165, 1.54) is 57.8 Å². The van der Waals surface area contributed by atoms with Gasteiger partial charge in [0.2, 0.25) is 0 Å². The number of aliphatic hydroxyl groups is 2. The SMILES string of the molecule is CC(C)(O)[C@H]1CC[C@]2(C)[C@@H]1CC[C@@]1(C)[C@H]2CC[C@H]2[C@]3(C)CCCC(C)(C)[C@H]3[C@H](O)C[C@@]21C. The van der Waals surface area contributed by atoms with E-state index in [0.717, 1.165) is 18.3 Å². The Kier molecular flexibility index (Phi) is 5.01. The smallest absolute Gasteiger partial charge is 0.0622 e. The molecule has 0 amide bonds. The number of hydrogen-bond acceptors (Lipinski definition) is 2. The second-order valence-corrected chi connectivity index (χ2v) is 15.6. The molecule has 10 atom stereocenters. The molecule has 0 aromatic carbocycles. The summed E-state index contributed by atoms with van der Waals surface area (Å²) in [4.78, 5) is 0. The van der Waals surface area contributed by atoms with Crippen molar-refractivity contribution in [1.29, 1.82) is 0 Å². The Bertz CT molecular complexity index is 765. The van der Waals surface area contributed by atoms with Gasteiger partial charge in [0.05, 0.1) is 11.7 Å². The van der Waals surface area contributed by atoms with Crippen LogP contribution < -0.4 is 0 Å². The van der Waals surface area contributed by atoms with Crippen LogP contribution in [0.2, 0.25) is 0 Å². The largest absolute Gasteiger partial charge is 0.393 e. The van der Waals surface area contributed by atoms with Crippen LogP contribution in [0.15, 0.2) is 0 Å². The molecule has 0 aliphatic heterocycles. The summed E-state index contributed by atoms with van der Waals surface area (Å²) in [7, 11) is 0. The normalized spacial score (nSPS) is 57.2. The molecule has 0 unspecified atom stereocenters. The summed E-state index contributed by atoms with van der Waals surface area (Å²) in [5.74, 6) is 3.01. The van der Waals surface area contributed by atoms with E-state index in [1.54, 1.807) is 0 Å². The molecule has 0 saturated heterocycles. The standard InChI is InChI=1S/C30H52O2/c1-25(2)14-9-15-28(6)23-11-10-22-27(5)16-12-19(26(3,4)32)20(27)13-17-29(22,7)30(23,8)18-21(31)24(25)28/h19-24,31-32H,9-18H2,1-8H3/t19-,20+,21+,22-,23-,24+,27+,28-,29-,30-/m0/s1. The van der Waals surface area contributed by atoms with Crippen LogP contribution in [0.1, 0.15) is 120 Å². The fourth-order valence-electron chi connectivity index (χ4n) is 12.3. The van der Waals surface area contributed by atoms with Gasteiger partial charge < -0.3 is 10.2 Å². The van der Waals surface area contributed by atoms with Crippen molar-refractivity contribution >= 4 is 0 Å². The van der Waals surface area contributed by atoms with E-state index in [0.29, 0.717) is 28.6 Å². The van der Waals surface area contributed by atoms with Crippen molar-refractivity contribution in [3.05, 3.63) is 0 Å². The maximum atomic E-state index is 11.8. The molecular weight excluding hydrogens is 392 g/mol. The van der Waals surface area contributed by atoms with E-state index in [9.17, 15) is 10.2 Å². The van der Waals surface area contributed by atoms with E-state index in [4.69, 9.17) is 0 Å². The van der Waals surface area contributed by atoms with Gasteiger partial charge in [-0.15, -0.1) is 0 Å². The van der Waals surface area contributed by atoms with Crippen LogP contribution in [0.5, 0.6) is 0 Å². The Morgan fingerprint density at radius 2 is 1.34 bits per heavy atom. The zero-order chi connectivity index (χ0) is 23.5. The Morgan fingerprint density at radius 3 is 1.97 bits per heavy atom. The third kappa shape index (κ3) is 2.78. The molecule has 5 fully saturated rings. The van der Waals surface area contributed by atoms with Gasteiger partial charge in [-0.05, 0) is 128 Å². The number of fused-ring (bicyclic) bond motifs is 7. The Morgan fingerprint density at radius 1 is 0.719 bits per heavy atom. The molecule has 0 bridgehead atoms. The highest BCUT2D eigenvalue weighted by Crippen LogP contribution is 2.78. The van der Waals surface area contributed by atoms with Gasteiger partial charge in [-0.2, -0.15) is 0 Å². The predicted molar refractivity (Wildman–Crippen MR) is 132 cm³/mol. The maximum absolute atomic E-state index is 11.8. The van der Waals surface area contributed by atoms with Crippen molar-refractivity contribution in [2.24, 2.45) is 56.7 Å². The quantitative estimate of drug-likeness (QED) is 0.448. The van der Waals surface area contributed by atoms with Crippen molar-refractivity contribution in [1.82, 2.24) is 0 Å². The van der Waals surface area contributed by atoms with E-state index in [1.807, 2.05) is 0 Å². The lowest BCUT2D eigenvalue weighted by Crippen LogP contribution is -2.68. The van der Waals surface area contributed by atoms with Crippen LogP contribution in [0.4, 0.5) is 0 Å². The Hall–Kier alpha value is -0.0800. The first kappa shape index (κ1) is 23.7. The second kappa shape index (κ2) is 6.77. The van der Waals surface area contributed by atoms with Gasteiger partial charge in [0.25, 0.3) is 0 Å². The monoisotopic (exact) mass is 444 g/mol. The molecule has 2 N–H and O–H groups in total. The number of aliphatic hydroxyl groups excluding tert-OH is 1. The molecule has 5 rings (SSSR count). The summed E-state index contributed by atoms with van der Waals surface area (Å²) in [5, 5.41) is 22.8. The van der Waals surface area contributed by atoms with Crippen LogP contribution in [0, 0.1) is 56.7 Å². The minimum absolute atomic E-state index is 0.162. The van der Waals surface area contributed by atoms with E-state index < -0.39 is 5.60 Å². The highest BCUT2D eigenvalue weighted by atomic mass is 16.3. The van der Waals surface area contributed by atoms with E-state index in [2.05, 4.69) is 55.4 Å². The molecule has 0 radical (unpaired) electrons. The van der Waals surface area contributed by atoms with Crippen molar-refractivity contribution in [2.45, 2.75) is 131 Å². The molecule has 32 heavy (non-hydrogen) atoms. The molecule has 2 heteroatoms. The minimum Gasteiger partial charge on any atom is -0.393 e. The molecular formula is C30H52O2. The first-order chi connectivity index (χ1) is 14.6. The molecule has 5 aliphatic rings. The minimum atomic E-state index is -0.563. The van der Waals surface area contributed by atoms with Crippen LogP contribution in [-0.2, 0) is 0 Å². The van der Waals surface area contributed by atoms with Gasteiger partial charge in [-0.1, -0.05) is 48.0 Å². The van der Waals surface area contributed by atoms with Gasteiger partial charge in [-0.25, -0.2) is 0 Å². The average molecular weight is 445 g/mol. The molecule has 184 valence electrons. The first-order valence-electron chi connectivity index (χ1n) is 14.0. The highest BCUT2D eigenvalue weighted by Gasteiger charge is 2.72. The van der Waals surface area contributed by atoms with Crippen molar-refractivity contribution in [3.8, 4) is 0 Å². The molecule has 0 heterocycles. The first-order valence-corrected chi connectivity index (χ1v) is 14.0. The molecule has 0 spiro atoms. The fourth-order valence-corrected chi connectivity index (χ4v) is 12.3. The topological polar surface area (TPSA) is 40.5 Å². The van der Waals surface area contributed by atoms with E-state index in [-0.39, 0.29) is 22.3 Å². The molecule has 0 aromatic heterocycles. The van der Waals surface area contributed by atoms with Crippen LogP contribution in [0.25, 0.3) is 0 Å². The Labute approximate surface area is 198 Å². The summed E-state index contributed by atoms with van der Waals surface area (Å²) in [6.45, 7) is 19.4. The number of hydrogen-bond donors (Lipinski definition) is 2. The third-order valence-electron chi connectivity index (χ3n) is 13.5. The van der Waals surface area contributed by atoms with Crippen LogP contribution in [-0.4, -0.2) is 21.9 Å². The fraction of sp³-hybridized carbons (Fsp3) is 1.00. The van der Waals surface area contributed by atoms with Gasteiger partial charge in [0.1, 0.15) is 0 Å². The van der Waals surface area contributed by atoms with Crippen molar-refractivity contribution in [3.63, 3.8) is 0 Å². The van der Waals surface area contributed by atoms with Crippen LogP contribution >= 0.6 is 0 Å². The summed E-state index contributed by atoms with van der Waals surface area (Å²) in [6, 6.07) is 0. The summed E-state index contributed by atoms with van der Waals surface area (Å²) >= 11 is 0. The summed E-state index contributed by atoms with van der Waals surface area (Å²) in [6.07, 6.45) is 12.5. The Balaban J connectivity index is 1.54. The molecule has 5 aliphatic carbocycles. The zero-order valence-corrected chi connectivity index (χ0v) is 22.4. The summed E-state index contributed by atoms with van der Waals surface area (Å²) in [5.41, 5.74) is 0.819. The van der Waals surface area contributed by atoms with Gasteiger partial charge in [0.15, 0.2) is 0 Å².